The number of nitrogens with one attached hydrogen (secondary N) is 2. The molecule has 4 aliphatic rings. The number of allylic oxidation sites excluding steroid dienone is 2. The van der Waals surface area contributed by atoms with Crippen molar-refractivity contribution < 1.29 is 141 Å². The predicted molar refractivity (Wildman–Crippen MR) is 434 cm³/mol. The van der Waals surface area contributed by atoms with Crippen molar-refractivity contribution in [1.82, 2.24) is 78.7 Å². The Bertz CT molecular complexity index is 5700. The number of anilines is 4. The number of aliphatic hydroxyl groups excluding tert-OH is 2. The highest BCUT2D eigenvalue weighted by molar-refractivity contribution is 7.47. The SMILES string of the molecule is C=CCCC(=O)NCc1nc(C(=O)OC2[C@@H](COP(=O)(O)OC3C[C@H](n4ccc(N)nc4=O)O[C@@H]3COP(=O)(O)O)O[C@@H](n3cnc4c(N)ncnc43)[C@H]2O)c(-c2ccc(C)cc2)o1.C=CCCC(=O)NCc1nc(C(=O)OC2[C@@H](COP(=O)(O)OC3C[C@H](n4ccc(N)nc4=O)O[C@@H]3COP(=O)(O)O)O[C@@H](n3cnc4c(N)ncnc43)[C@H]2O)c(-c2ccc(C)cc2)o1. The first-order chi connectivity index (χ1) is 60.8. The third-order valence-electron chi connectivity index (χ3n) is 19.6. The van der Waals surface area contributed by atoms with Crippen molar-refractivity contribution in [2.45, 2.75) is 151 Å². The van der Waals surface area contributed by atoms with Gasteiger partial charge in [-0.05, 0) is 38.8 Å². The number of esters is 2. The second-order valence-electron chi connectivity index (χ2n) is 28.7. The summed E-state index contributed by atoms with van der Waals surface area (Å²) in [6, 6.07) is 16.3. The fraction of sp³-hybridized carbons (Fsp3) is 0.389. The number of phosphoric ester groups is 4. The number of hydrogen-bond donors (Lipinski definition) is 14. The second-order valence-corrected chi connectivity index (χ2v) is 34.0. The Kier molecular flexibility index (Phi) is 29.4. The number of aryl methyl sites for hydroxylation is 2. The van der Waals surface area contributed by atoms with Crippen LogP contribution in [0.15, 0.2) is 142 Å². The van der Waals surface area contributed by atoms with Gasteiger partial charge in [-0.1, -0.05) is 71.8 Å². The standard InChI is InChI=1S/2C36H42N10O16P2/c2*1-3-4-5-24(47)39-13-25-44-27(30(60-25)19-8-6-18(2)7-9-19)35(49)61-31-22(59-34(29(31)48)46-17-42-28-32(38)40-16-41-33(28)46)15-57-64(54,55)62-20-12-26(45-11-10-23(37)43-36(45)50)58-21(20)14-56-63(51,52)53/h2*3,6-11,16-17,20-22,26,29,31,34,48H,1,4-5,12-15H2,2H3,(H,39,47)(H,54,55)(H2,37,43,50)(H2,38,40,41)(H2,51,52,53)/t2*20?,21-,22-,26-,29+,31?,34-/m11/s1. The van der Waals surface area contributed by atoms with Crippen LogP contribution in [0.1, 0.15) is 107 Å². The minimum absolute atomic E-state index is 0.00000495. The maximum Gasteiger partial charge on any atom is 0.472 e. The van der Waals surface area contributed by atoms with E-state index in [1.165, 1.54) is 46.3 Å². The van der Waals surface area contributed by atoms with Crippen LogP contribution in [0.5, 0.6) is 0 Å². The molecule has 0 spiro atoms. The molecule has 0 bridgehead atoms. The molecule has 128 heavy (non-hydrogen) atoms. The van der Waals surface area contributed by atoms with Gasteiger partial charge in [-0.15, -0.1) is 13.2 Å². The summed E-state index contributed by atoms with van der Waals surface area (Å²) in [5.74, 6) is -3.34. The number of nitrogen functional groups attached to an aromatic ring is 4. The van der Waals surface area contributed by atoms with Crippen LogP contribution in [-0.4, -0.2) is 219 Å². The lowest BCUT2D eigenvalue weighted by atomic mass is 10.1. The molecule has 12 heterocycles. The van der Waals surface area contributed by atoms with Gasteiger partial charge in [0.05, 0.1) is 52.2 Å². The molecule has 6 unspecified atom stereocenters. The van der Waals surface area contributed by atoms with Crippen LogP contribution in [0.4, 0.5) is 23.3 Å². The molecule has 10 aromatic rings. The van der Waals surface area contributed by atoms with Crippen molar-refractivity contribution >= 4 is 101 Å². The average molecular weight is 1870 g/mol. The molecule has 18 N–H and O–H groups in total. The van der Waals surface area contributed by atoms with Crippen molar-refractivity contribution in [2.75, 3.05) is 49.4 Å². The van der Waals surface area contributed by atoms with E-state index in [0.29, 0.717) is 24.0 Å². The maximum absolute atomic E-state index is 14.1. The molecule has 2 aromatic carbocycles. The van der Waals surface area contributed by atoms with Gasteiger partial charge >= 0.3 is 54.6 Å². The van der Waals surface area contributed by atoms with E-state index < -0.39 is 167 Å². The first kappa shape index (κ1) is 94.1. The largest absolute Gasteiger partial charge is 0.472 e. The molecule has 684 valence electrons. The van der Waals surface area contributed by atoms with Crippen LogP contribution in [-0.2, 0) is 96.5 Å². The molecule has 4 aliphatic heterocycles. The minimum Gasteiger partial charge on any atom is -0.452 e. The number of imidazole rings is 2. The van der Waals surface area contributed by atoms with Crippen LogP contribution >= 0.6 is 31.3 Å². The highest BCUT2D eigenvalue weighted by Gasteiger charge is 2.53. The zero-order valence-electron chi connectivity index (χ0n) is 67.1. The highest BCUT2D eigenvalue weighted by Crippen LogP contribution is 2.53. The van der Waals surface area contributed by atoms with Crippen molar-refractivity contribution in [3.63, 3.8) is 0 Å². The Hall–Kier alpha value is -11.5. The number of ether oxygens (including phenoxy) is 6. The highest BCUT2D eigenvalue weighted by atomic mass is 31.2. The number of aromatic nitrogens is 14. The van der Waals surface area contributed by atoms with Gasteiger partial charge in [-0.2, -0.15) is 9.97 Å². The van der Waals surface area contributed by atoms with Gasteiger partial charge < -0.3 is 110 Å². The van der Waals surface area contributed by atoms with E-state index >= 15 is 0 Å². The monoisotopic (exact) mass is 1860 g/mol. The Morgan fingerprint density at radius 3 is 1.24 bits per heavy atom. The number of amides is 2. The summed E-state index contributed by atoms with van der Waals surface area (Å²) >= 11 is 0. The number of phosphoric acid groups is 4. The molecule has 16 atom stereocenters. The average Bonchev–Trinajstić information content (AvgIpc) is 1.61. The summed E-state index contributed by atoms with van der Waals surface area (Å²) in [6.45, 7) is 6.97. The molecule has 14 rings (SSSR count). The molecule has 0 aliphatic carbocycles. The number of benzene rings is 2. The zero-order valence-corrected chi connectivity index (χ0v) is 70.7. The first-order valence-corrected chi connectivity index (χ1v) is 44.4. The molecule has 8 aromatic heterocycles. The summed E-state index contributed by atoms with van der Waals surface area (Å²) in [4.78, 5) is 178. The number of nitrogens with zero attached hydrogens (tertiary/aromatic N) is 14. The summed E-state index contributed by atoms with van der Waals surface area (Å²) < 4.78 is 133. The van der Waals surface area contributed by atoms with Gasteiger partial charge in [0, 0.05) is 49.2 Å². The number of carbonyl (C=O) groups is 4. The molecule has 4 fully saturated rings. The summed E-state index contributed by atoms with van der Waals surface area (Å²) in [6.07, 6.45) is -10.4. The first-order valence-electron chi connectivity index (χ1n) is 38.3. The third-order valence-corrected chi connectivity index (χ3v) is 22.6. The summed E-state index contributed by atoms with van der Waals surface area (Å²) in [5.41, 5.74) is 23.8. The lowest BCUT2D eigenvalue weighted by Gasteiger charge is -2.23. The summed E-state index contributed by atoms with van der Waals surface area (Å²) in [7, 11) is -20.7. The number of nitrogens with two attached hydrogens (primary N) is 4. The fourth-order valence-electron chi connectivity index (χ4n) is 13.5. The lowest BCUT2D eigenvalue weighted by molar-refractivity contribution is -0.122. The quantitative estimate of drug-likeness (QED) is 0.0152. The van der Waals surface area contributed by atoms with Gasteiger partial charge in [0.2, 0.25) is 23.6 Å². The van der Waals surface area contributed by atoms with E-state index in [4.69, 9.17) is 78.3 Å². The Morgan fingerprint density at radius 2 is 0.883 bits per heavy atom. The molecule has 0 radical (unpaired) electrons. The van der Waals surface area contributed by atoms with E-state index in [1.54, 1.807) is 60.7 Å². The number of hydrogen-bond acceptors (Lipinski definition) is 40. The van der Waals surface area contributed by atoms with Crippen LogP contribution in [0, 0.1) is 13.8 Å². The minimum atomic E-state index is -5.25. The van der Waals surface area contributed by atoms with E-state index in [-0.39, 0.29) is 131 Å². The number of oxazole rings is 2. The van der Waals surface area contributed by atoms with Crippen LogP contribution in [0.25, 0.3) is 45.0 Å². The molecule has 4 saturated heterocycles. The number of fused-ring (bicyclic) bond motifs is 2. The molecular formula is C72H84N20O32P4. The smallest absolute Gasteiger partial charge is 0.452 e. The van der Waals surface area contributed by atoms with Crippen LogP contribution < -0.4 is 44.9 Å². The van der Waals surface area contributed by atoms with Gasteiger partial charge in [-0.25, -0.2) is 77.3 Å². The topological polar surface area (TPSA) is 746 Å². The fourth-order valence-corrected chi connectivity index (χ4v) is 16.1. The number of rotatable bonds is 36. The van der Waals surface area contributed by atoms with Crippen LogP contribution in [0.2, 0.25) is 0 Å². The van der Waals surface area contributed by atoms with Gasteiger partial charge in [0.1, 0.15) is 96.6 Å². The Morgan fingerprint density at radius 1 is 0.508 bits per heavy atom. The van der Waals surface area contributed by atoms with Gasteiger partial charge in [0.15, 0.2) is 70.5 Å². The number of carbonyl (C=O) groups excluding carboxylic acids is 4. The van der Waals surface area contributed by atoms with Crippen LogP contribution in [0.3, 0.4) is 0 Å². The number of aliphatic hydroxyl groups is 2. The maximum atomic E-state index is 14.1. The second kappa shape index (κ2) is 40.0. The van der Waals surface area contributed by atoms with Gasteiger partial charge in [0.25, 0.3) is 0 Å². The van der Waals surface area contributed by atoms with Crippen molar-refractivity contribution in [2.24, 2.45) is 0 Å². The van der Waals surface area contributed by atoms with E-state index in [0.717, 1.165) is 32.9 Å². The molecular weight excluding hydrogens is 1780 g/mol. The lowest BCUT2D eigenvalue weighted by Crippen LogP contribution is -2.38. The van der Waals surface area contributed by atoms with Crippen molar-refractivity contribution in [3.8, 4) is 22.6 Å². The molecule has 2 amide bonds. The third kappa shape index (κ3) is 23.1. The van der Waals surface area contributed by atoms with E-state index in [1.807, 2.05) is 13.8 Å². The van der Waals surface area contributed by atoms with E-state index in [2.05, 4.69) is 82.7 Å². The zero-order chi connectivity index (χ0) is 91.8. The van der Waals surface area contributed by atoms with Crippen molar-refractivity contribution in [1.29, 1.82) is 0 Å². The van der Waals surface area contributed by atoms with Gasteiger partial charge in [-0.3, -0.25) is 55.0 Å². The van der Waals surface area contributed by atoms with Crippen molar-refractivity contribution in [3.05, 3.63) is 179 Å². The molecule has 56 heteroatoms. The predicted octanol–water partition coefficient (Wildman–Crippen LogP) is 2.35. The molecule has 0 saturated carbocycles. The molecule has 52 nitrogen and oxygen atoms in total. The Balaban J connectivity index is 0.000000219. The summed E-state index contributed by atoms with van der Waals surface area (Å²) in [5, 5.41) is 28.9. The Labute approximate surface area is 720 Å². The normalized spacial score (nSPS) is 23.2. The van der Waals surface area contributed by atoms with E-state index in [9.17, 15) is 86.6 Å².